The van der Waals surface area contributed by atoms with Crippen LogP contribution in [-0.2, 0) is 9.47 Å². The predicted molar refractivity (Wildman–Crippen MR) is 119 cm³/mol. The van der Waals surface area contributed by atoms with Gasteiger partial charge >= 0.3 is 6.09 Å². The lowest BCUT2D eigenvalue weighted by Gasteiger charge is -2.40. The number of nitrogens with one attached hydrogen (secondary N) is 2. The Morgan fingerprint density at radius 1 is 1.23 bits per heavy atom. The lowest BCUT2D eigenvalue weighted by Crippen LogP contribution is -2.55. The normalized spacial score (nSPS) is 24.6. The minimum atomic E-state index is -0.486. The molecular weight excluding hydrogens is 399 g/mol. The highest BCUT2D eigenvalue weighted by molar-refractivity contribution is 5.80. The van der Waals surface area contributed by atoms with Gasteiger partial charge in [0.1, 0.15) is 11.4 Å². The van der Waals surface area contributed by atoms with Crippen molar-refractivity contribution >= 4 is 12.1 Å². The van der Waals surface area contributed by atoms with E-state index < -0.39 is 5.60 Å². The van der Waals surface area contributed by atoms with Crippen LogP contribution in [0.3, 0.4) is 0 Å². The zero-order chi connectivity index (χ0) is 22.6. The second-order valence-electron chi connectivity index (χ2n) is 9.31. The number of ether oxygens (including phenoxy) is 2. The van der Waals surface area contributed by atoms with Gasteiger partial charge in [0.15, 0.2) is 5.96 Å². The summed E-state index contributed by atoms with van der Waals surface area (Å²) in [4.78, 5) is 18.9. The Morgan fingerprint density at radius 3 is 2.35 bits per heavy atom. The first-order valence-corrected chi connectivity index (χ1v) is 11.0. The Bertz CT molecular complexity index is 764. The van der Waals surface area contributed by atoms with Crippen LogP contribution in [-0.4, -0.2) is 61.4 Å². The van der Waals surface area contributed by atoms with Crippen LogP contribution in [0.4, 0.5) is 9.18 Å². The van der Waals surface area contributed by atoms with Crippen LogP contribution in [0.2, 0.25) is 0 Å². The second kappa shape index (κ2) is 9.85. The number of piperidine rings is 1. The fourth-order valence-corrected chi connectivity index (χ4v) is 4.50. The molecule has 3 unspecified atom stereocenters. The molecule has 1 aromatic carbocycles. The van der Waals surface area contributed by atoms with E-state index in [-0.39, 0.29) is 36.1 Å². The van der Waals surface area contributed by atoms with E-state index in [0.29, 0.717) is 12.5 Å². The molecular formula is C23H35FN4O3. The van der Waals surface area contributed by atoms with E-state index in [2.05, 4.69) is 15.6 Å². The van der Waals surface area contributed by atoms with Crippen molar-refractivity contribution in [3.8, 4) is 0 Å². The number of nitrogens with zero attached hydrogens (tertiary/aromatic N) is 2. The molecule has 2 heterocycles. The summed E-state index contributed by atoms with van der Waals surface area (Å²) in [5.74, 6) is 0.427. The molecule has 7 nitrogen and oxygen atoms in total. The van der Waals surface area contributed by atoms with Crippen LogP contribution in [0.15, 0.2) is 29.3 Å². The molecule has 2 saturated heterocycles. The fourth-order valence-electron chi connectivity index (χ4n) is 4.50. The minimum absolute atomic E-state index is 0.190. The van der Waals surface area contributed by atoms with Crippen LogP contribution in [0, 0.1) is 5.82 Å². The molecule has 1 amide bonds. The Kier molecular flexibility index (Phi) is 7.41. The van der Waals surface area contributed by atoms with Gasteiger partial charge in [0.05, 0.1) is 6.10 Å². The molecule has 2 aliphatic heterocycles. The summed E-state index contributed by atoms with van der Waals surface area (Å²) in [6.07, 6.45) is 3.31. The summed E-state index contributed by atoms with van der Waals surface area (Å²) in [5.41, 5.74) is 0.413. The average Bonchev–Trinajstić information content (AvgIpc) is 2.98. The number of guanidine groups is 1. The summed E-state index contributed by atoms with van der Waals surface area (Å²) in [5, 5.41) is 6.81. The molecule has 8 heteroatoms. The van der Waals surface area contributed by atoms with E-state index in [1.807, 2.05) is 25.7 Å². The summed E-state index contributed by atoms with van der Waals surface area (Å²) in [6, 6.07) is 6.93. The van der Waals surface area contributed by atoms with E-state index >= 15 is 0 Å². The zero-order valence-electron chi connectivity index (χ0n) is 19.2. The number of halogens is 1. The van der Waals surface area contributed by atoms with E-state index in [1.54, 1.807) is 26.3 Å². The van der Waals surface area contributed by atoms with Gasteiger partial charge in [-0.15, -0.1) is 0 Å². The van der Waals surface area contributed by atoms with Gasteiger partial charge in [0.25, 0.3) is 0 Å². The van der Waals surface area contributed by atoms with Crippen molar-refractivity contribution in [3.63, 3.8) is 0 Å². The first-order chi connectivity index (χ1) is 14.7. The molecule has 2 bridgehead atoms. The monoisotopic (exact) mass is 434 g/mol. The largest absolute Gasteiger partial charge is 0.444 e. The van der Waals surface area contributed by atoms with E-state index in [4.69, 9.17) is 9.47 Å². The number of hydrogen-bond donors (Lipinski definition) is 2. The van der Waals surface area contributed by atoms with Crippen LogP contribution < -0.4 is 10.6 Å². The number of methoxy groups -OCH3 is 1. The highest BCUT2D eigenvalue weighted by atomic mass is 19.1. The van der Waals surface area contributed by atoms with Crippen LogP contribution in [0.5, 0.6) is 0 Å². The predicted octanol–water partition coefficient (Wildman–Crippen LogP) is 3.61. The van der Waals surface area contributed by atoms with Gasteiger partial charge in [-0.2, -0.15) is 0 Å². The molecule has 0 aliphatic carbocycles. The SMILES string of the molecule is CN=C(NCC(OC)c1ccc(F)cc1)NC1CC2CCC(C1)N2C(=O)OC(C)(C)C. The van der Waals surface area contributed by atoms with E-state index in [1.165, 1.54) is 12.1 Å². The van der Waals surface area contributed by atoms with Crippen molar-refractivity contribution in [2.75, 3.05) is 20.7 Å². The lowest BCUT2D eigenvalue weighted by atomic mass is 9.98. The molecule has 0 saturated carbocycles. The van der Waals surface area contributed by atoms with Gasteiger partial charge in [-0.1, -0.05) is 12.1 Å². The van der Waals surface area contributed by atoms with Crippen molar-refractivity contribution < 1.29 is 18.7 Å². The highest BCUT2D eigenvalue weighted by Crippen LogP contribution is 2.36. The number of aliphatic imine (C=N–C) groups is 1. The van der Waals surface area contributed by atoms with Crippen molar-refractivity contribution in [2.45, 2.75) is 76.3 Å². The Hall–Kier alpha value is -2.35. The molecule has 0 radical (unpaired) electrons. The summed E-state index contributed by atoms with van der Waals surface area (Å²) >= 11 is 0. The van der Waals surface area contributed by atoms with E-state index in [0.717, 1.165) is 31.2 Å². The Morgan fingerprint density at radius 2 is 1.84 bits per heavy atom. The summed E-state index contributed by atoms with van der Waals surface area (Å²) in [7, 11) is 3.37. The molecule has 0 aromatic heterocycles. The molecule has 1 aromatic rings. The Balaban J connectivity index is 1.54. The third-order valence-electron chi connectivity index (χ3n) is 5.88. The van der Waals surface area contributed by atoms with Crippen molar-refractivity contribution in [2.24, 2.45) is 4.99 Å². The standard InChI is InChI=1S/C23H35FN4O3/c1-23(2,3)31-22(29)28-18-10-11-19(28)13-17(12-18)27-21(25-4)26-14-20(30-5)15-6-8-16(24)9-7-15/h6-9,17-20H,10-14H2,1-5H3,(H2,25,26,27). The number of fused-ring (bicyclic) bond motifs is 2. The third kappa shape index (κ3) is 6.09. The highest BCUT2D eigenvalue weighted by Gasteiger charge is 2.45. The molecule has 2 fully saturated rings. The van der Waals surface area contributed by atoms with Crippen LogP contribution in [0.25, 0.3) is 0 Å². The number of benzene rings is 1. The van der Waals surface area contributed by atoms with Gasteiger partial charge in [-0.25, -0.2) is 9.18 Å². The zero-order valence-corrected chi connectivity index (χ0v) is 19.2. The molecule has 31 heavy (non-hydrogen) atoms. The van der Waals surface area contributed by atoms with E-state index in [9.17, 15) is 9.18 Å². The maximum Gasteiger partial charge on any atom is 0.410 e. The van der Waals surface area contributed by atoms with Crippen LogP contribution >= 0.6 is 0 Å². The number of amides is 1. The number of hydrogen-bond acceptors (Lipinski definition) is 4. The molecule has 0 spiro atoms. The van der Waals surface area contributed by atoms with Crippen molar-refractivity contribution in [3.05, 3.63) is 35.6 Å². The van der Waals surface area contributed by atoms with Crippen molar-refractivity contribution in [1.82, 2.24) is 15.5 Å². The second-order valence-corrected chi connectivity index (χ2v) is 9.31. The number of carbonyl (C=O) groups is 1. The average molecular weight is 435 g/mol. The van der Waals surface area contributed by atoms with Gasteiger partial charge in [-0.05, 0) is 64.2 Å². The molecule has 172 valence electrons. The maximum absolute atomic E-state index is 13.2. The maximum atomic E-state index is 13.2. The molecule has 2 N–H and O–H groups in total. The van der Waals surface area contributed by atoms with Crippen LogP contribution in [0.1, 0.15) is 58.1 Å². The summed E-state index contributed by atoms with van der Waals surface area (Å²) < 4.78 is 24.4. The molecule has 3 rings (SSSR count). The van der Waals surface area contributed by atoms with Gasteiger partial charge in [0, 0.05) is 38.8 Å². The smallest absolute Gasteiger partial charge is 0.410 e. The first-order valence-electron chi connectivity index (χ1n) is 11.0. The lowest BCUT2D eigenvalue weighted by molar-refractivity contribution is 0.00543. The van der Waals surface area contributed by atoms with Crippen molar-refractivity contribution in [1.29, 1.82) is 0 Å². The van der Waals surface area contributed by atoms with Gasteiger partial charge in [-0.3, -0.25) is 4.99 Å². The topological polar surface area (TPSA) is 75.2 Å². The fraction of sp³-hybridized carbons (Fsp3) is 0.652. The number of carbonyl (C=O) groups excluding carboxylic acids is 1. The van der Waals surface area contributed by atoms with Gasteiger partial charge < -0.3 is 25.0 Å². The number of rotatable bonds is 5. The quantitative estimate of drug-likeness (QED) is 0.547. The Labute approximate surface area is 184 Å². The summed E-state index contributed by atoms with van der Waals surface area (Å²) in [6.45, 7) is 6.20. The molecule has 2 aliphatic rings. The molecule has 3 atom stereocenters. The van der Waals surface area contributed by atoms with Gasteiger partial charge in [0.2, 0.25) is 0 Å². The third-order valence-corrected chi connectivity index (χ3v) is 5.88. The first kappa shape index (κ1) is 23.3. The minimum Gasteiger partial charge on any atom is -0.444 e.